The summed E-state index contributed by atoms with van der Waals surface area (Å²) < 4.78 is 39.2. The van der Waals surface area contributed by atoms with Crippen LogP contribution in [0.15, 0.2) is 54.6 Å². The van der Waals surface area contributed by atoms with E-state index < -0.39 is 17.8 Å². The number of fused-ring (bicyclic) bond motifs is 1. The quantitative estimate of drug-likeness (QED) is 0.578. The average molecular weight is 497 g/mol. The first kappa shape index (κ1) is 24.1. The predicted octanol–water partition coefficient (Wildman–Crippen LogP) is 4.50. The Balaban J connectivity index is 1.42. The van der Waals surface area contributed by atoms with E-state index >= 15 is 0 Å². The molecule has 2 aliphatic heterocycles. The first-order valence-electron chi connectivity index (χ1n) is 11.9. The van der Waals surface area contributed by atoms with E-state index in [0.29, 0.717) is 18.8 Å². The van der Waals surface area contributed by atoms with Crippen molar-refractivity contribution in [3.8, 4) is 11.4 Å². The summed E-state index contributed by atoms with van der Waals surface area (Å²) in [6.45, 7) is 4.12. The van der Waals surface area contributed by atoms with Gasteiger partial charge >= 0.3 is 12.2 Å². The highest BCUT2D eigenvalue weighted by Gasteiger charge is 2.32. The minimum Gasteiger partial charge on any atom is -0.354 e. The fraction of sp³-hybridized carbons (Fsp3) is 0.346. The number of hydrogen-bond donors (Lipinski definition) is 1. The van der Waals surface area contributed by atoms with E-state index in [-0.39, 0.29) is 12.2 Å². The number of rotatable bonds is 3. The molecule has 0 unspecified atom stereocenters. The van der Waals surface area contributed by atoms with Gasteiger partial charge in [0.15, 0.2) is 5.82 Å². The number of urea groups is 1. The third-order valence-corrected chi connectivity index (χ3v) is 6.60. The van der Waals surface area contributed by atoms with Gasteiger partial charge < -0.3 is 20.0 Å². The zero-order valence-corrected chi connectivity index (χ0v) is 19.9. The number of likely N-dealkylation sites (N-methyl/N-ethyl adjacent to an activating group) is 1. The van der Waals surface area contributed by atoms with Gasteiger partial charge in [0, 0.05) is 56.0 Å². The number of piperazine rings is 1. The lowest BCUT2D eigenvalue weighted by Gasteiger charge is -2.37. The third kappa shape index (κ3) is 5.13. The first-order chi connectivity index (χ1) is 17.3. The van der Waals surface area contributed by atoms with Gasteiger partial charge in [0.1, 0.15) is 5.82 Å². The molecule has 3 aromatic rings. The molecule has 36 heavy (non-hydrogen) atoms. The van der Waals surface area contributed by atoms with Crippen LogP contribution in [0.2, 0.25) is 0 Å². The van der Waals surface area contributed by atoms with E-state index in [2.05, 4.69) is 22.2 Å². The Morgan fingerprint density at radius 1 is 0.944 bits per heavy atom. The molecule has 0 atom stereocenters. The lowest BCUT2D eigenvalue weighted by atomic mass is 10.0. The number of anilines is 2. The van der Waals surface area contributed by atoms with Crippen molar-refractivity contribution in [3.63, 3.8) is 0 Å². The molecule has 1 aromatic heterocycles. The van der Waals surface area contributed by atoms with Gasteiger partial charge in [-0.25, -0.2) is 14.8 Å². The van der Waals surface area contributed by atoms with Crippen molar-refractivity contribution >= 4 is 17.5 Å². The molecule has 5 rings (SSSR count). The summed E-state index contributed by atoms with van der Waals surface area (Å²) in [4.78, 5) is 28.9. The topological polar surface area (TPSA) is 64.6 Å². The number of benzene rings is 2. The summed E-state index contributed by atoms with van der Waals surface area (Å²) in [5.74, 6) is 1.48. The molecule has 10 heteroatoms. The summed E-state index contributed by atoms with van der Waals surface area (Å²) in [5.41, 5.74) is 2.03. The molecular formula is C26H27F3N6O. The number of carbonyl (C=O) groups is 1. The monoisotopic (exact) mass is 496 g/mol. The van der Waals surface area contributed by atoms with Gasteiger partial charge in [-0.2, -0.15) is 13.2 Å². The number of aromatic nitrogens is 2. The average Bonchev–Trinajstić information content (AvgIpc) is 2.88. The van der Waals surface area contributed by atoms with E-state index in [1.54, 1.807) is 4.90 Å². The minimum atomic E-state index is -4.48. The largest absolute Gasteiger partial charge is 0.416 e. The maximum atomic E-state index is 13.1. The van der Waals surface area contributed by atoms with Crippen molar-refractivity contribution in [3.05, 3.63) is 71.4 Å². The van der Waals surface area contributed by atoms with Crippen molar-refractivity contribution in [1.82, 2.24) is 19.8 Å². The van der Waals surface area contributed by atoms with Crippen molar-refractivity contribution in [1.29, 1.82) is 0 Å². The number of nitrogens with zero attached hydrogens (tertiary/aromatic N) is 5. The number of hydrogen-bond acceptors (Lipinski definition) is 5. The molecule has 1 fully saturated rings. The van der Waals surface area contributed by atoms with Crippen LogP contribution in [0.5, 0.6) is 0 Å². The number of nitrogens with one attached hydrogen (secondary N) is 1. The van der Waals surface area contributed by atoms with Crippen LogP contribution in [0.1, 0.15) is 16.8 Å². The molecule has 2 aliphatic rings. The smallest absolute Gasteiger partial charge is 0.354 e. The van der Waals surface area contributed by atoms with Gasteiger partial charge in [-0.05, 0) is 25.2 Å². The zero-order valence-electron chi connectivity index (χ0n) is 19.9. The molecule has 0 saturated carbocycles. The van der Waals surface area contributed by atoms with Gasteiger partial charge in [0.25, 0.3) is 0 Å². The summed E-state index contributed by atoms with van der Waals surface area (Å²) in [5, 5.41) is 2.62. The van der Waals surface area contributed by atoms with Crippen LogP contribution in [0, 0.1) is 0 Å². The molecule has 0 spiro atoms. The Kier molecular flexibility index (Phi) is 6.53. The maximum Gasteiger partial charge on any atom is 0.416 e. The summed E-state index contributed by atoms with van der Waals surface area (Å²) in [6.07, 6.45) is -3.94. The molecule has 2 aromatic carbocycles. The molecule has 188 valence electrons. The molecule has 3 heterocycles. The van der Waals surface area contributed by atoms with Crippen LogP contribution in [0.3, 0.4) is 0 Å². The standard InChI is InChI=1S/C26H27F3N6O/c1-33-12-14-34(15-13-33)24-21-17-35(25(36)30-20-9-5-8-19(16-20)26(27,28)29)11-10-22(21)31-23(32-24)18-6-3-2-4-7-18/h2-9,16H,10-15,17H2,1H3,(H,30,36). The van der Waals surface area contributed by atoms with Crippen molar-refractivity contribution in [2.24, 2.45) is 0 Å². The van der Waals surface area contributed by atoms with E-state index in [1.165, 1.54) is 12.1 Å². The van der Waals surface area contributed by atoms with E-state index in [0.717, 1.165) is 61.0 Å². The van der Waals surface area contributed by atoms with Crippen LogP contribution in [-0.4, -0.2) is 65.6 Å². The maximum absolute atomic E-state index is 13.1. The fourth-order valence-corrected chi connectivity index (χ4v) is 4.54. The van der Waals surface area contributed by atoms with E-state index in [4.69, 9.17) is 9.97 Å². The van der Waals surface area contributed by atoms with E-state index in [1.807, 2.05) is 30.3 Å². The Morgan fingerprint density at radius 3 is 2.42 bits per heavy atom. The zero-order chi connectivity index (χ0) is 25.3. The van der Waals surface area contributed by atoms with Crippen molar-refractivity contribution in [2.75, 3.05) is 50.0 Å². The molecule has 2 amide bonds. The molecule has 1 N–H and O–H groups in total. The molecular weight excluding hydrogens is 469 g/mol. The summed E-state index contributed by atoms with van der Waals surface area (Å²) >= 11 is 0. The minimum absolute atomic E-state index is 0.107. The first-order valence-corrected chi connectivity index (χ1v) is 11.9. The molecule has 7 nitrogen and oxygen atoms in total. The highest BCUT2D eigenvalue weighted by Crippen LogP contribution is 2.32. The van der Waals surface area contributed by atoms with Gasteiger partial charge in [0.05, 0.1) is 17.8 Å². The van der Waals surface area contributed by atoms with Gasteiger partial charge in [-0.3, -0.25) is 0 Å². The Hall–Kier alpha value is -3.66. The molecule has 0 bridgehead atoms. The van der Waals surface area contributed by atoms with Crippen LogP contribution in [0.25, 0.3) is 11.4 Å². The van der Waals surface area contributed by atoms with Gasteiger partial charge in [0.2, 0.25) is 0 Å². The van der Waals surface area contributed by atoms with Crippen LogP contribution in [0.4, 0.5) is 29.5 Å². The van der Waals surface area contributed by atoms with Crippen LogP contribution >= 0.6 is 0 Å². The normalized spacial score (nSPS) is 16.6. The second-order valence-corrected chi connectivity index (χ2v) is 9.13. The van der Waals surface area contributed by atoms with E-state index in [9.17, 15) is 18.0 Å². The Labute approximate surface area is 207 Å². The molecule has 0 radical (unpaired) electrons. The Bertz CT molecular complexity index is 1240. The second kappa shape index (κ2) is 9.77. The molecule has 1 saturated heterocycles. The lowest BCUT2D eigenvalue weighted by molar-refractivity contribution is -0.137. The molecule has 0 aliphatic carbocycles. The number of carbonyl (C=O) groups excluding carboxylic acids is 1. The van der Waals surface area contributed by atoms with Gasteiger partial charge in [-0.1, -0.05) is 36.4 Å². The fourth-order valence-electron chi connectivity index (χ4n) is 4.54. The second-order valence-electron chi connectivity index (χ2n) is 9.13. The summed E-state index contributed by atoms with van der Waals surface area (Å²) in [6, 6.07) is 14.0. The SMILES string of the molecule is CN1CCN(c2nc(-c3ccccc3)nc3c2CN(C(=O)Nc2cccc(C(F)(F)F)c2)CC3)CC1. The highest BCUT2D eigenvalue weighted by atomic mass is 19.4. The number of amides is 2. The summed E-state index contributed by atoms with van der Waals surface area (Å²) in [7, 11) is 2.09. The van der Waals surface area contributed by atoms with Gasteiger partial charge in [-0.15, -0.1) is 0 Å². The lowest BCUT2D eigenvalue weighted by Crippen LogP contribution is -2.46. The van der Waals surface area contributed by atoms with Crippen LogP contribution in [-0.2, 0) is 19.1 Å². The Morgan fingerprint density at radius 2 is 1.69 bits per heavy atom. The third-order valence-electron chi connectivity index (χ3n) is 6.60. The predicted molar refractivity (Wildman–Crippen MR) is 132 cm³/mol. The highest BCUT2D eigenvalue weighted by molar-refractivity contribution is 5.89. The van der Waals surface area contributed by atoms with Crippen molar-refractivity contribution < 1.29 is 18.0 Å². The van der Waals surface area contributed by atoms with Crippen LogP contribution < -0.4 is 10.2 Å². The number of alkyl halides is 3. The number of halogens is 3. The van der Waals surface area contributed by atoms with Crippen molar-refractivity contribution in [2.45, 2.75) is 19.1 Å².